The summed E-state index contributed by atoms with van der Waals surface area (Å²) in [5.74, 6) is 0.245. The fourth-order valence-electron chi connectivity index (χ4n) is 0.743. The topological polar surface area (TPSA) is 69.2 Å². The molecule has 1 aromatic rings. The smallest absolute Gasteiger partial charge is 0.306 e. The molecule has 12 heavy (non-hydrogen) atoms. The third kappa shape index (κ3) is 1.55. The third-order valence-electron chi connectivity index (χ3n) is 1.64. The summed E-state index contributed by atoms with van der Waals surface area (Å²) in [4.78, 5) is 12.5. The van der Waals surface area contributed by atoms with Crippen molar-refractivity contribution >= 4 is 5.82 Å². The van der Waals surface area contributed by atoms with Gasteiger partial charge < -0.3 is 10.0 Å². The number of H-pyrrole nitrogens is 1. The number of anilines is 1. The molecule has 0 aliphatic rings. The van der Waals surface area contributed by atoms with E-state index in [1.165, 1.54) is 6.07 Å². The highest BCUT2D eigenvalue weighted by Crippen LogP contribution is 2.09. The van der Waals surface area contributed by atoms with Crippen LogP contribution in [0.3, 0.4) is 0 Å². The van der Waals surface area contributed by atoms with E-state index >= 15 is 0 Å². The first kappa shape index (κ1) is 8.58. The number of aromatic amines is 1. The zero-order valence-corrected chi connectivity index (χ0v) is 7.03. The molecule has 66 valence electrons. The molecule has 0 amide bonds. The maximum atomic E-state index is 10.7. The van der Waals surface area contributed by atoms with E-state index in [1.54, 1.807) is 4.90 Å². The van der Waals surface area contributed by atoms with E-state index in [2.05, 4.69) is 10.2 Å². The van der Waals surface area contributed by atoms with Crippen molar-refractivity contribution in [3.8, 4) is 5.75 Å². The quantitative estimate of drug-likeness (QED) is 0.650. The van der Waals surface area contributed by atoms with E-state index < -0.39 is 5.56 Å². The first-order valence-corrected chi connectivity index (χ1v) is 3.65. The molecule has 0 bridgehead atoms. The molecule has 5 heteroatoms. The Kier molecular flexibility index (Phi) is 2.32. The summed E-state index contributed by atoms with van der Waals surface area (Å²) in [5, 5.41) is 15.0. The van der Waals surface area contributed by atoms with Crippen molar-refractivity contribution in [2.45, 2.75) is 6.92 Å². The van der Waals surface area contributed by atoms with Crippen molar-refractivity contribution in [1.29, 1.82) is 0 Å². The highest BCUT2D eigenvalue weighted by molar-refractivity contribution is 5.39. The van der Waals surface area contributed by atoms with Gasteiger partial charge in [0.2, 0.25) is 0 Å². The highest BCUT2D eigenvalue weighted by atomic mass is 16.3. The SMILES string of the molecule is CCN(C)c1cc(O)c(=O)[nH]n1. The van der Waals surface area contributed by atoms with Gasteiger partial charge in [0.25, 0.3) is 0 Å². The van der Waals surface area contributed by atoms with Crippen LogP contribution in [0, 0.1) is 0 Å². The van der Waals surface area contributed by atoms with E-state index in [0.29, 0.717) is 5.82 Å². The minimum atomic E-state index is -0.566. The standard InChI is InChI=1S/C7H11N3O2/c1-3-10(2)6-4-5(11)7(12)9-8-6/h4H,3H2,1-2H3,(H,8,11)(H,9,12). The van der Waals surface area contributed by atoms with Crippen LogP contribution in [0.5, 0.6) is 5.75 Å². The van der Waals surface area contributed by atoms with Crippen LogP contribution in [-0.4, -0.2) is 28.9 Å². The van der Waals surface area contributed by atoms with Crippen molar-refractivity contribution in [2.24, 2.45) is 0 Å². The molecular formula is C7H11N3O2. The van der Waals surface area contributed by atoms with Gasteiger partial charge in [0, 0.05) is 19.7 Å². The Morgan fingerprint density at radius 3 is 2.92 bits per heavy atom. The summed E-state index contributed by atoms with van der Waals surface area (Å²) in [6.45, 7) is 2.71. The lowest BCUT2D eigenvalue weighted by molar-refractivity contribution is 0.464. The highest BCUT2D eigenvalue weighted by Gasteiger charge is 2.03. The number of hydrogen-bond donors (Lipinski definition) is 2. The molecule has 0 atom stereocenters. The molecule has 1 aromatic heterocycles. The predicted molar refractivity (Wildman–Crippen MR) is 45.5 cm³/mol. The van der Waals surface area contributed by atoms with Crippen LogP contribution in [0.1, 0.15) is 6.92 Å². The van der Waals surface area contributed by atoms with Gasteiger partial charge in [-0.2, -0.15) is 5.10 Å². The van der Waals surface area contributed by atoms with Gasteiger partial charge in [-0.05, 0) is 6.92 Å². The van der Waals surface area contributed by atoms with Crippen LogP contribution in [0.4, 0.5) is 5.82 Å². The summed E-state index contributed by atoms with van der Waals surface area (Å²) in [6.07, 6.45) is 0. The number of aromatic nitrogens is 2. The van der Waals surface area contributed by atoms with Crippen LogP contribution in [0.2, 0.25) is 0 Å². The van der Waals surface area contributed by atoms with E-state index in [1.807, 2.05) is 14.0 Å². The van der Waals surface area contributed by atoms with Crippen LogP contribution in [-0.2, 0) is 0 Å². The minimum Gasteiger partial charge on any atom is -0.503 e. The Labute approximate surface area is 69.6 Å². The molecule has 1 heterocycles. The van der Waals surface area contributed by atoms with Crippen molar-refractivity contribution in [1.82, 2.24) is 10.2 Å². The normalized spacial score (nSPS) is 9.83. The van der Waals surface area contributed by atoms with Gasteiger partial charge in [0.05, 0.1) is 0 Å². The predicted octanol–water partition coefficient (Wildman–Crippen LogP) is -0.0684. The summed E-state index contributed by atoms with van der Waals surface area (Å²) in [6, 6.07) is 1.34. The zero-order chi connectivity index (χ0) is 9.14. The van der Waals surface area contributed by atoms with Gasteiger partial charge in [0.15, 0.2) is 11.6 Å². The lowest BCUT2D eigenvalue weighted by Crippen LogP contribution is -2.20. The second kappa shape index (κ2) is 3.25. The van der Waals surface area contributed by atoms with Gasteiger partial charge >= 0.3 is 5.56 Å². The first-order valence-electron chi connectivity index (χ1n) is 3.65. The van der Waals surface area contributed by atoms with Crippen LogP contribution in [0.25, 0.3) is 0 Å². The molecule has 0 saturated carbocycles. The Hall–Kier alpha value is -1.52. The first-order chi connectivity index (χ1) is 5.65. The maximum absolute atomic E-state index is 10.7. The third-order valence-corrected chi connectivity index (χ3v) is 1.64. The monoisotopic (exact) mass is 169 g/mol. The Balaban J connectivity index is 3.04. The number of aromatic hydroxyl groups is 1. The van der Waals surface area contributed by atoms with Crippen molar-refractivity contribution in [2.75, 3.05) is 18.5 Å². The van der Waals surface area contributed by atoms with Crippen LogP contribution in [0.15, 0.2) is 10.9 Å². The van der Waals surface area contributed by atoms with Gasteiger partial charge in [-0.25, -0.2) is 5.10 Å². The Bertz CT molecular complexity index is 321. The van der Waals surface area contributed by atoms with Crippen molar-refractivity contribution < 1.29 is 5.11 Å². The minimum absolute atomic E-state index is 0.305. The van der Waals surface area contributed by atoms with Gasteiger partial charge in [-0.15, -0.1) is 0 Å². The van der Waals surface area contributed by atoms with Crippen molar-refractivity contribution in [3.05, 3.63) is 16.4 Å². The van der Waals surface area contributed by atoms with Crippen LogP contribution < -0.4 is 10.5 Å². The number of rotatable bonds is 2. The second-order valence-corrected chi connectivity index (χ2v) is 2.45. The molecule has 0 fully saturated rings. The molecule has 0 aromatic carbocycles. The molecule has 0 spiro atoms. The average Bonchev–Trinajstić information content (AvgIpc) is 2.08. The summed E-state index contributed by atoms with van der Waals surface area (Å²) in [5.41, 5.74) is -0.566. The largest absolute Gasteiger partial charge is 0.503 e. The molecular weight excluding hydrogens is 158 g/mol. The lowest BCUT2D eigenvalue weighted by atomic mass is 10.4. The summed E-state index contributed by atoms with van der Waals surface area (Å²) in [7, 11) is 1.82. The van der Waals surface area contributed by atoms with Crippen molar-refractivity contribution in [3.63, 3.8) is 0 Å². The van der Waals surface area contributed by atoms with Crippen LogP contribution >= 0.6 is 0 Å². The molecule has 0 saturated heterocycles. The molecule has 2 N–H and O–H groups in total. The number of nitrogens with one attached hydrogen (secondary N) is 1. The van der Waals surface area contributed by atoms with E-state index in [0.717, 1.165) is 6.54 Å². The average molecular weight is 169 g/mol. The Morgan fingerprint density at radius 1 is 1.75 bits per heavy atom. The summed E-state index contributed by atoms with van der Waals surface area (Å²) < 4.78 is 0. The second-order valence-electron chi connectivity index (χ2n) is 2.45. The van der Waals surface area contributed by atoms with Gasteiger partial charge in [-0.3, -0.25) is 4.79 Å². The molecule has 5 nitrogen and oxygen atoms in total. The van der Waals surface area contributed by atoms with Gasteiger partial charge in [0.1, 0.15) is 0 Å². The molecule has 0 radical (unpaired) electrons. The van der Waals surface area contributed by atoms with E-state index in [9.17, 15) is 4.79 Å². The number of nitrogens with zero attached hydrogens (tertiary/aromatic N) is 2. The maximum Gasteiger partial charge on any atom is 0.306 e. The van der Waals surface area contributed by atoms with Gasteiger partial charge in [-0.1, -0.05) is 0 Å². The molecule has 0 aliphatic heterocycles. The fraction of sp³-hybridized carbons (Fsp3) is 0.429. The van der Waals surface area contributed by atoms with E-state index in [-0.39, 0.29) is 5.75 Å². The fourth-order valence-corrected chi connectivity index (χ4v) is 0.743. The molecule has 1 rings (SSSR count). The molecule has 0 unspecified atom stereocenters. The Morgan fingerprint density at radius 2 is 2.42 bits per heavy atom. The molecule has 0 aliphatic carbocycles. The van der Waals surface area contributed by atoms with E-state index in [4.69, 9.17) is 5.11 Å². The zero-order valence-electron chi connectivity index (χ0n) is 7.03. The number of hydrogen-bond acceptors (Lipinski definition) is 4. The summed E-state index contributed by atoms with van der Waals surface area (Å²) >= 11 is 0. The lowest BCUT2D eigenvalue weighted by Gasteiger charge is -2.13.